The van der Waals surface area contributed by atoms with Crippen LogP contribution in [0.15, 0.2) is 24.3 Å². The first kappa shape index (κ1) is 9.72. The average molecular weight is 226 g/mol. The number of para-hydroxylation sites is 1. The van der Waals surface area contributed by atoms with Gasteiger partial charge in [0, 0.05) is 35.1 Å². The molecule has 1 aromatic heterocycles. The molecule has 2 bridgehead atoms. The predicted molar refractivity (Wildman–Crippen MR) is 70.1 cm³/mol. The Labute approximate surface area is 102 Å². The second-order valence-electron chi connectivity index (χ2n) is 5.34. The summed E-state index contributed by atoms with van der Waals surface area (Å²) in [6.07, 6.45) is 3.93. The number of benzene rings is 1. The Balaban J connectivity index is 1.96. The minimum Gasteiger partial charge on any atom is -0.358 e. The van der Waals surface area contributed by atoms with E-state index in [2.05, 4.69) is 41.1 Å². The molecule has 2 atom stereocenters. The summed E-state index contributed by atoms with van der Waals surface area (Å²) >= 11 is 0. The lowest BCUT2D eigenvalue weighted by atomic mass is 9.97. The molecular weight excluding hydrogens is 208 g/mol. The van der Waals surface area contributed by atoms with Gasteiger partial charge in [-0.2, -0.15) is 0 Å². The van der Waals surface area contributed by atoms with Crippen LogP contribution in [0.25, 0.3) is 10.9 Å². The van der Waals surface area contributed by atoms with E-state index in [1.54, 1.807) is 5.56 Å². The molecule has 1 fully saturated rings. The van der Waals surface area contributed by atoms with Crippen LogP contribution < -0.4 is 0 Å². The van der Waals surface area contributed by atoms with E-state index in [-0.39, 0.29) is 0 Å². The Hall–Kier alpha value is -1.28. The van der Waals surface area contributed by atoms with Crippen molar-refractivity contribution in [1.29, 1.82) is 0 Å². The van der Waals surface area contributed by atoms with Crippen LogP contribution in [0, 0.1) is 0 Å². The van der Waals surface area contributed by atoms with Gasteiger partial charge in [0.2, 0.25) is 0 Å². The van der Waals surface area contributed by atoms with Gasteiger partial charge in [0.15, 0.2) is 0 Å². The normalized spacial score (nSPS) is 27.6. The van der Waals surface area contributed by atoms with Gasteiger partial charge in [-0.1, -0.05) is 25.1 Å². The number of aromatic amines is 1. The third-order valence-electron chi connectivity index (χ3n) is 4.61. The molecule has 0 spiro atoms. The first-order chi connectivity index (χ1) is 8.38. The summed E-state index contributed by atoms with van der Waals surface area (Å²) in [6.45, 7) is 3.49. The lowest BCUT2D eigenvalue weighted by Gasteiger charge is -2.34. The van der Waals surface area contributed by atoms with Crippen molar-refractivity contribution >= 4 is 10.9 Å². The van der Waals surface area contributed by atoms with Crippen LogP contribution in [-0.2, 0) is 6.42 Å². The van der Waals surface area contributed by atoms with E-state index < -0.39 is 0 Å². The maximum absolute atomic E-state index is 3.63. The number of rotatable bonds is 1. The molecule has 2 aliphatic rings. The zero-order chi connectivity index (χ0) is 11.4. The van der Waals surface area contributed by atoms with Crippen molar-refractivity contribution in [2.45, 2.75) is 38.3 Å². The van der Waals surface area contributed by atoms with E-state index >= 15 is 0 Å². The highest BCUT2D eigenvalue weighted by atomic mass is 15.2. The smallest absolute Gasteiger partial charge is 0.0459 e. The van der Waals surface area contributed by atoms with Crippen LogP contribution in [0.4, 0.5) is 0 Å². The number of hydrogen-bond acceptors (Lipinski definition) is 1. The Bertz CT molecular complexity index is 569. The first-order valence-electron chi connectivity index (χ1n) is 6.73. The highest BCUT2D eigenvalue weighted by Crippen LogP contribution is 2.46. The van der Waals surface area contributed by atoms with E-state index in [1.165, 1.54) is 42.4 Å². The standard InChI is InChI=1S/C15H18N2/c1-2-17-10-7-8-14(17)15-11-5-3-4-6-12(11)16-13(15)9-10/h3-6,10,14,16H,2,7-9H2,1H3/t10-,14+/m0/s1. The molecule has 4 rings (SSSR count). The summed E-state index contributed by atoms with van der Waals surface area (Å²) in [5.41, 5.74) is 4.42. The summed E-state index contributed by atoms with van der Waals surface area (Å²) in [4.78, 5) is 6.33. The largest absolute Gasteiger partial charge is 0.358 e. The molecule has 0 radical (unpaired) electrons. The van der Waals surface area contributed by atoms with Crippen LogP contribution in [0.3, 0.4) is 0 Å². The summed E-state index contributed by atoms with van der Waals surface area (Å²) in [5.74, 6) is 0. The molecular formula is C15H18N2. The molecule has 3 heterocycles. The van der Waals surface area contributed by atoms with Crippen molar-refractivity contribution in [3.63, 3.8) is 0 Å². The Morgan fingerprint density at radius 3 is 3.06 bits per heavy atom. The van der Waals surface area contributed by atoms with E-state index in [0.29, 0.717) is 6.04 Å². The van der Waals surface area contributed by atoms with Gasteiger partial charge in [-0.25, -0.2) is 0 Å². The molecule has 1 N–H and O–H groups in total. The van der Waals surface area contributed by atoms with Crippen molar-refractivity contribution in [3.8, 4) is 0 Å². The highest BCUT2D eigenvalue weighted by molar-refractivity contribution is 5.85. The summed E-state index contributed by atoms with van der Waals surface area (Å²) < 4.78 is 0. The van der Waals surface area contributed by atoms with Gasteiger partial charge in [0.25, 0.3) is 0 Å². The monoisotopic (exact) mass is 226 g/mol. The molecule has 17 heavy (non-hydrogen) atoms. The second kappa shape index (κ2) is 3.36. The van der Waals surface area contributed by atoms with Crippen LogP contribution in [0.5, 0.6) is 0 Å². The van der Waals surface area contributed by atoms with Crippen molar-refractivity contribution < 1.29 is 0 Å². The van der Waals surface area contributed by atoms with Gasteiger partial charge in [-0.15, -0.1) is 0 Å². The lowest BCUT2D eigenvalue weighted by Crippen LogP contribution is -2.36. The Morgan fingerprint density at radius 2 is 2.18 bits per heavy atom. The molecule has 2 aromatic rings. The number of H-pyrrole nitrogens is 1. The van der Waals surface area contributed by atoms with Crippen molar-refractivity contribution in [3.05, 3.63) is 35.5 Å². The molecule has 0 aliphatic carbocycles. The number of fused-ring (bicyclic) bond motifs is 6. The predicted octanol–water partition coefficient (Wildman–Crippen LogP) is 3.25. The molecule has 0 saturated carbocycles. The van der Waals surface area contributed by atoms with Gasteiger partial charge < -0.3 is 4.98 Å². The van der Waals surface area contributed by atoms with Crippen LogP contribution in [0.2, 0.25) is 0 Å². The molecule has 2 aliphatic heterocycles. The van der Waals surface area contributed by atoms with Crippen LogP contribution in [-0.4, -0.2) is 22.5 Å². The Kier molecular flexibility index (Phi) is 1.92. The maximum Gasteiger partial charge on any atom is 0.0459 e. The fraction of sp³-hybridized carbons (Fsp3) is 0.467. The number of nitrogens with zero attached hydrogens (tertiary/aromatic N) is 1. The number of aromatic nitrogens is 1. The zero-order valence-corrected chi connectivity index (χ0v) is 10.2. The van der Waals surface area contributed by atoms with E-state index in [0.717, 1.165) is 6.04 Å². The molecule has 2 heteroatoms. The van der Waals surface area contributed by atoms with E-state index in [9.17, 15) is 0 Å². The third kappa shape index (κ3) is 1.19. The van der Waals surface area contributed by atoms with Crippen molar-refractivity contribution in [2.75, 3.05) is 6.54 Å². The number of likely N-dealkylation sites (N-methyl/N-ethyl adjacent to an activating group) is 1. The molecule has 0 unspecified atom stereocenters. The average Bonchev–Trinajstić information content (AvgIpc) is 2.86. The molecule has 0 amide bonds. The SMILES string of the molecule is CCN1[C@H]2CC[C@@H]1c1c([nH]c3ccccc13)C2. The fourth-order valence-electron chi connectivity index (χ4n) is 3.94. The van der Waals surface area contributed by atoms with Crippen molar-refractivity contribution in [1.82, 2.24) is 9.88 Å². The van der Waals surface area contributed by atoms with E-state index in [4.69, 9.17) is 0 Å². The van der Waals surface area contributed by atoms with Crippen LogP contribution >= 0.6 is 0 Å². The minimum atomic E-state index is 0.671. The van der Waals surface area contributed by atoms with Gasteiger partial charge in [0.05, 0.1) is 0 Å². The molecule has 2 nitrogen and oxygen atoms in total. The fourth-order valence-corrected chi connectivity index (χ4v) is 3.94. The lowest BCUT2D eigenvalue weighted by molar-refractivity contribution is 0.188. The topological polar surface area (TPSA) is 19.0 Å². The minimum absolute atomic E-state index is 0.671. The second-order valence-corrected chi connectivity index (χ2v) is 5.34. The number of nitrogens with one attached hydrogen (secondary N) is 1. The molecule has 88 valence electrons. The van der Waals surface area contributed by atoms with Crippen molar-refractivity contribution in [2.24, 2.45) is 0 Å². The summed E-state index contributed by atoms with van der Waals surface area (Å²) in [7, 11) is 0. The zero-order valence-electron chi connectivity index (χ0n) is 10.2. The molecule has 1 saturated heterocycles. The first-order valence-corrected chi connectivity index (χ1v) is 6.73. The van der Waals surface area contributed by atoms with Crippen LogP contribution in [0.1, 0.15) is 37.1 Å². The van der Waals surface area contributed by atoms with E-state index in [1.807, 2.05) is 0 Å². The van der Waals surface area contributed by atoms with Gasteiger partial charge >= 0.3 is 0 Å². The maximum atomic E-state index is 3.63. The summed E-state index contributed by atoms with van der Waals surface area (Å²) in [6, 6.07) is 10.2. The quantitative estimate of drug-likeness (QED) is 0.791. The third-order valence-corrected chi connectivity index (χ3v) is 4.61. The van der Waals surface area contributed by atoms with Gasteiger partial charge in [-0.05, 0) is 31.0 Å². The molecule has 1 aromatic carbocycles. The highest BCUT2D eigenvalue weighted by Gasteiger charge is 2.40. The summed E-state index contributed by atoms with van der Waals surface area (Å²) in [5, 5.41) is 1.45. The number of hydrogen-bond donors (Lipinski definition) is 1. The van der Waals surface area contributed by atoms with Gasteiger partial charge in [-0.3, -0.25) is 4.90 Å². The van der Waals surface area contributed by atoms with Gasteiger partial charge in [0.1, 0.15) is 0 Å². The Morgan fingerprint density at radius 1 is 1.29 bits per heavy atom.